The highest BCUT2D eigenvalue weighted by molar-refractivity contribution is 6.18. The normalized spacial score (nSPS) is 21.8. The van der Waals surface area contributed by atoms with E-state index in [1.54, 1.807) is 7.11 Å². The van der Waals surface area contributed by atoms with Crippen LogP contribution in [0.25, 0.3) is 0 Å². The molecule has 4 heteroatoms. The van der Waals surface area contributed by atoms with Crippen molar-refractivity contribution in [1.29, 1.82) is 0 Å². The van der Waals surface area contributed by atoms with Crippen LogP contribution >= 0.6 is 11.6 Å². The quantitative estimate of drug-likeness (QED) is 0.818. The summed E-state index contributed by atoms with van der Waals surface area (Å²) in [7, 11) is 1.63. The number of carbonyl (C=O) groups excluding carboxylic acids is 1. The van der Waals surface area contributed by atoms with Crippen LogP contribution in [0.4, 0.5) is 0 Å². The molecule has 1 aliphatic carbocycles. The number of rotatable bonds is 6. The summed E-state index contributed by atoms with van der Waals surface area (Å²) in [5, 5.41) is 3.06. The average molecular weight is 310 g/mol. The Morgan fingerprint density at radius 1 is 1.33 bits per heavy atom. The van der Waals surface area contributed by atoms with Crippen molar-refractivity contribution in [3.63, 3.8) is 0 Å². The Morgan fingerprint density at radius 3 is 2.81 bits per heavy atom. The molecule has 1 aliphatic rings. The molecule has 0 heterocycles. The number of halogens is 1. The SMILES string of the molecule is COc1cccc(CC(=O)NCC2CCCCC2CCl)c1. The molecule has 1 N–H and O–H groups in total. The second kappa shape index (κ2) is 8.28. The summed E-state index contributed by atoms with van der Waals surface area (Å²) < 4.78 is 5.17. The Balaban J connectivity index is 1.81. The fraction of sp³-hybridized carbons (Fsp3) is 0.588. The third-order valence-electron chi connectivity index (χ3n) is 4.32. The largest absolute Gasteiger partial charge is 0.497 e. The van der Waals surface area contributed by atoms with Gasteiger partial charge in [-0.2, -0.15) is 0 Å². The highest BCUT2D eigenvalue weighted by atomic mass is 35.5. The van der Waals surface area contributed by atoms with Crippen molar-refractivity contribution in [2.45, 2.75) is 32.1 Å². The minimum atomic E-state index is 0.0714. The number of benzene rings is 1. The molecule has 21 heavy (non-hydrogen) atoms. The van der Waals surface area contributed by atoms with E-state index in [0.29, 0.717) is 24.1 Å². The van der Waals surface area contributed by atoms with Gasteiger partial charge in [-0.3, -0.25) is 4.79 Å². The Labute approximate surface area is 132 Å². The lowest BCUT2D eigenvalue weighted by atomic mass is 9.80. The molecule has 2 rings (SSSR count). The number of carbonyl (C=O) groups is 1. The van der Waals surface area contributed by atoms with Gasteiger partial charge in [0.1, 0.15) is 5.75 Å². The number of ether oxygens (including phenoxy) is 1. The van der Waals surface area contributed by atoms with E-state index in [1.807, 2.05) is 24.3 Å². The van der Waals surface area contributed by atoms with E-state index in [2.05, 4.69) is 5.32 Å². The predicted octanol–water partition coefficient (Wildman–Crippen LogP) is 3.40. The minimum absolute atomic E-state index is 0.0714. The van der Waals surface area contributed by atoms with Crippen molar-refractivity contribution in [1.82, 2.24) is 5.32 Å². The van der Waals surface area contributed by atoms with Crippen LogP contribution in [0.3, 0.4) is 0 Å². The molecule has 0 saturated heterocycles. The third kappa shape index (κ3) is 4.92. The van der Waals surface area contributed by atoms with E-state index in [9.17, 15) is 4.79 Å². The summed E-state index contributed by atoms with van der Waals surface area (Å²) in [4.78, 5) is 12.1. The molecule has 3 nitrogen and oxygen atoms in total. The maximum absolute atomic E-state index is 12.1. The van der Waals surface area contributed by atoms with Crippen LogP contribution in [-0.2, 0) is 11.2 Å². The zero-order chi connectivity index (χ0) is 15.1. The molecular weight excluding hydrogens is 286 g/mol. The van der Waals surface area contributed by atoms with Gasteiger partial charge in [-0.1, -0.05) is 25.0 Å². The molecule has 1 aromatic rings. The summed E-state index contributed by atoms with van der Waals surface area (Å²) in [6, 6.07) is 7.65. The fourth-order valence-corrected chi connectivity index (χ4v) is 3.44. The number of methoxy groups -OCH3 is 1. The number of nitrogens with one attached hydrogen (secondary N) is 1. The zero-order valence-electron chi connectivity index (χ0n) is 12.6. The highest BCUT2D eigenvalue weighted by Crippen LogP contribution is 2.30. The van der Waals surface area contributed by atoms with Gasteiger partial charge in [0.25, 0.3) is 0 Å². The van der Waals surface area contributed by atoms with Gasteiger partial charge in [-0.05, 0) is 42.4 Å². The van der Waals surface area contributed by atoms with E-state index in [4.69, 9.17) is 16.3 Å². The lowest BCUT2D eigenvalue weighted by Crippen LogP contribution is -2.35. The summed E-state index contributed by atoms with van der Waals surface area (Å²) in [5.74, 6) is 2.65. The first-order valence-electron chi connectivity index (χ1n) is 7.68. The molecule has 0 radical (unpaired) electrons. The lowest BCUT2D eigenvalue weighted by Gasteiger charge is -2.30. The van der Waals surface area contributed by atoms with Crippen LogP contribution in [0.1, 0.15) is 31.2 Å². The third-order valence-corrected chi connectivity index (χ3v) is 4.72. The van der Waals surface area contributed by atoms with E-state index in [0.717, 1.165) is 17.9 Å². The molecule has 0 aromatic heterocycles. The van der Waals surface area contributed by atoms with Crippen molar-refractivity contribution >= 4 is 17.5 Å². The smallest absolute Gasteiger partial charge is 0.224 e. The van der Waals surface area contributed by atoms with Crippen molar-refractivity contribution in [3.05, 3.63) is 29.8 Å². The molecule has 1 fully saturated rings. The van der Waals surface area contributed by atoms with Gasteiger partial charge in [0, 0.05) is 12.4 Å². The Morgan fingerprint density at radius 2 is 2.10 bits per heavy atom. The second-order valence-corrected chi connectivity index (χ2v) is 6.10. The van der Waals surface area contributed by atoms with E-state index in [1.165, 1.54) is 25.7 Å². The zero-order valence-corrected chi connectivity index (χ0v) is 13.4. The van der Waals surface area contributed by atoms with Gasteiger partial charge >= 0.3 is 0 Å². The van der Waals surface area contributed by atoms with Crippen molar-refractivity contribution in [3.8, 4) is 5.75 Å². The topological polar surface area (TPSA) is 38.3 Å². The molecule has 0 spiro atoms. The summed E-state index contributed by atoms with van der Waals surface area (Å²) in [6.07, 6.45) is 5.29. The van der Waals surface area contributed by atoms with Gasteiger partial charge < -0.3 is 10.1 Å². The van der Waals surface area contributed by atoms with Crippen molar-refractivity contribution in [2.75, 3.05) is 19.5 Å². The van der Waals surface area contributed by atoms with Gasteiger partial charge in [-0.25, -0.2) is 0 Å². The van der Waals surface area contributed by atoms with Crippen LogP contribution in [-0.4, -0.2) is 25.4 Å². The first kappa shape index (κ1) is 16.2. The minimum Gasteiger partial charge on any atom is -0.497 e. The molecule has 2 unspecified atom stereocenters. The van der Waals surface area contributed by atoms with Crippen LogP contribution in [0.5, 0.6) is 5.75 Å². The predicted molar refractivity (Wildman–Crippen MR) is 85.9 cm³/mol. The molecule has 116 valence electrons. The van der Waals surface area contributed by atoms with Crippen molar-refractivity contribution < 1.29 is 9.53 Å². The number of alkyl halides is 1. The second-order valence-electron chi connectivity index (χ2n) is 5.79. The highest BCUT2D eigenvalue weighted by Gasteiger charge is 2.24. The monoisotopic (exact) mass is 309 g/mol. The lowest BCUT2D eigenvalue weighted by molar-refractivity contribution is -0.120. The van der Waals surface area contributed by atoms with E-state index in [-0.39, 0.29) is 5.91 Å². The standard InChI is InChI=1S/C17H24ClNO2/c1-21-16-8-4-5-13(9-16)10-17(20)19-12-15-7-3-2-6-14(15)11-18/h4-5,8-9,14-15H,2-3,6-7,10-12H2,1H3,(H,19,20). The molecule has 2 atom stereocenters. The van der Waals surface area contributed by atoms with Gasteiger partial charge in [0.2, 0.25) is 5.91 Å². The number of hydrogen-bond acceptors (Lipinski definition) is 2. The first-order valence-corrected chi connectivity index (χ1v) is 8.22. The first-order chi connectivity index (χ1) is 10.2. The Hall–Kier alpha value is -1.22. The average Bonchev–Trinajstić information content (AvgIpc) is 2.53. The Kier molecular flexibility index (Phi) is 6.37. The Bertz CT molecular complexity index is 464. The fourth-order valence-electron chi connectivity index (χ4n) is 3.03. The van der Waals surface area contributed by atoms with Gasteiger partial charge in [0.15, 0.2) is 0 Å². The molecule has 1 amide bonds. The number of hydrogen-bond donors (Lipinski definition) is 1. The van der Waals surface area contributed by atoms with Crippen molar-refractivity contribution in [2.24, 2.45) is 11.8 Å². The van der Waals surface area contributed by atoms with Crippen LogP contribution in [0.15, 0.2) is 24.3 Å². The molecule has 0 aliphatic heterocycles. The van der Waals surface area contributed by atoms with Crippen LogP contribution in [0, 0.1) is 11.8 Å². The van der Waals surface area contributed by atoms with E-state index < -0.39 is 0 Å². The number of amides is 1. The summed E-state index contributed by atoms with van der Waals surface area (Å²) in [6.45, 7) is 0.750. The van der Waals surface area contributed by atoms with E-state index >= 15 is 0 Å². The maximum Gasteiger partial charge on any atom is 0.224 e. The molecule has 1 saturated carbocycles. The molecule has 1 aromatic carbocycles. The van der Waals surface area contributed by atoms with Crippen LogP contribution in [0.2, 0.25) is 0 Å². The molecule has 0 bridgehead atoms. The van der Waals surface area contributed by atoms with Gasteiger partial charge in [0.05, 0.1) is 13.5 Å². The molecular formula is C17H24ClNO2. The summed E-state index contributed by atoms with van der Waals surface area (Å²) in [5.41, 5.74) is 0.976. The summed E-state index contributed by atoms with van der Waals surface area (Å²) >= 11 is 6.03. The van der Waals surface area contributed by atoms with Gasteiger partial charge in [-0.15, -0.1) is 11.6 Å². The maximum atomic E-state index is 12.1. The van der Waals surface area contributed by atoms with Crippen LogP contribution < -0.4 is 10.1 Å².